The molecule has 0 saturated heterocycles. The quantitative estimate of drug-likeness (QED) is 0.483. The van der Waals surface area contributed by atoms with E-state index in [-0.39, 0.29) is 24.0 Å². The molecule has 0 fully saturated rings. The summed E-state index contributed by atoms with van der Waals surface area (Å²) >= 11 is 0. The van der Waals surface area contributed by atoms with E-state index in [0.717, 1.165) is 17.5 Å². The lowest BCUT2D eigenvalue weighted by Gasteiger charge is -2.10. The fraction of sp³-hybridized carbons (Fsp3) is 0.333. The normalized spacial score (nSPS) is 10.9. The largest absolute Gasteiger partial charge is 0.467 e. The second kappa shape index (κ2) is 7.82. The van der Waals surface area contributed by atoms with Gasteiger partial charge in [-0.2, -0.15) is 0 Å². The molecule has 0 unspecified atom stereocenters. The lowest BCUT2D eigenvalue weighted by Crippen LogP contribution is -2.36. The zero-order chi connectivity index (χ0) is 12.8. The fourth-order valence-electron chi connectivity index (χ4n) is 1.53. The standard InChI is InChI=1S/C12H17N5O.HI/c1-13-12(15-8-10-4-3-7-18-10)16-9-11-14-5-6-17(11)2;/h3-7H,8-9H2,1-2H3,(H2,13,15,16);1H. The second-order valence-corrected chi connectivity index (χ2v) is 3.81. The van der Waals surface area contributed by atoms with E-state index >= 15 is 0 Å². The maximum atomic E-state index is 5.24. The Morgan fingerprint density at radius 1 is 1.42 bits per heavy atom. The van der Waals surface area contributed by atoms with Gasteiger partial charge in [0.1, 0.15) is 11.6 Å². The smallest absolute Gasteiger partial charge is 0.191 e. The van der Waals surface area contributed by atoms with Crippen molar-refractivity contribution in [1.82, 2.24) is 20.2 Å². The lowest BCUT2D eigenvalue weighted by atomic mass is 10.4. The van der Waals surface area contributed by atoms with Gasteiger partial charge in [-0.15, -0.1) is 24.0 Å². The maximum Gasteiger partial charge on any atom is 0.191 e. The first-order chi connectivity index (χ1) is 8.79. The van der Waals surface area contributed by atoms with Gasteiger partial charge in [0.15, 0.2) is 5.96 Å². The van der Waals surface area contributed by atoms with Gasteiger partial charge in [-0.05, 0) is 12.1 Å². The molecule has 0 aromatic carbocycles. The van der Waals surface area contributed by atoms with Gasteiger partial charge in [0, 0.05) is 26.5 Å². The number of aliphatic imine (C=N–C) groups is 1. The molecule has 2 rings (SSSR count). The fourth-order valence-corrected chi connectivity index (χ4v) is 1.53. The van der Waals surface area contributed by atoms with E-state index in [1.54, 1.807) is 19.5 Å². The van der Waals surface area contributed by atoms with E-state index in [1.807, 2.05) is 29.9 Å². The number of hydrogen-bond acceptors (Lipinski definition) is 3. The van der Waals surface area contributed by atoms with Gasteiger partial charge in [0.25, 0.3) is 0 Å². The number of aromatic nitrogens is 2. The third-order valence-electron chi connectivity index (χ3n) is 2.57. The summed E-state index contributed by atoms with van der Waals surface area (Å²) in [5.74, 6) is 2.54. The number of nitrogens with zero attached hydrogens (tertiary/aromatic N) is 3. The lowest BCUT2D eigenvalue weighted by molar-refractivity contribution is 0.501. The minimum absolute atomic E-state index is 0. The molecule has 2 heterocycles. The highest BCUT2D eigenvalue weighted by Crippen LogP contribution is 1.98. The Morgan fingerprint density at radius 3 is 2.79 bits per heavy atom. The molecule has 2 aromatic rings. The van der Waals surface area contributed by atoms with E-state index in [2.05, 4.69) is 20.6 Å². The summed E-state index contributed by atoms with van der Waals surface area (Å²) in [4.78, 5) is 8.36. The summed E-state index contributed by atoms with van der Waals surface area (Å²) in [6, 6.07) is 3.78. The minimum atomic E-state index is 0. The van der Waals surface area contributed by atoms with E-state index in [0.29, 0.717) is 13.1 Å². The molecule has 0 atom stereocenters. The summed E-state index contributed by atoms with van der Waals surface area (Å²) in [5, 5.41) is 6.35. The van der Waals surface area contributed by atoms with Crippen molar-refractivity contribution in [3.05, 3.63) is 42.4 Å². The third-order valence-corrected chi connectivity index (χ3v) is 2.57. The van der Waals surface area contributed by atoms with Gasteiger partial charge in [0.2, 0.25) is 0 Å². The molecule has 104 valence electrons. The van der Waals surface area contributed by atoms with Crippen LogP contribution in [0.2, 0.25) is 0 Å². The number of furan rings is 1. The summed E-state index contributed by atoms with van der Waals surface area (Å²) in [6.07, 6.45) is 5.34. The van der Waals surface area contributed by atoms with Crippen molar-refractivity contribution in [2.75, 3.05) is 7.05 Å². The number of nitrogens with one attached hydrogen (secondary N) is 2. The average molecular weight is 375 g/mol. The van der Waals surface area contributed by atoms with Gasteiger partial charge in [0.05, 0.1) is 19.4 Å². The van der Waals surface area contributed by atoms with Gasteiger partial charge < -0.3 is 19.6 Å². The summed E-state index contributed by atoms with van der Waals surface area (Å²) in [7, 11) is 3.69. The van der Waals surface area contributed by atoms with Crippen LogP contribution in [0.25, 0.3) is 0 Å². The second-order valence-electron chi connectivity index (χ2n) is 3.81. The number of hydrogen-bond donors (Lipinski definition) is 2. The predicted octanol–water partition coefficient (Wildman–Crippen LogP) is 1.50. The first-order valence-electron chi connectivity index (χ1n) is 5.72. The molecule has 0 saturated carbocycles. The van der Waals surface area contributed by atoms with Gasteiger partial charge in [-0.25, -0.2) is 4.98 Å². The van der Waals surface area contributed by atoms with Crippen molar-refractivity contribution in [1.29, 1.82) is 0 Å². The zero-order valence-electron chi connectivity index (χ0n) is 11.0. The van der Waals surface area contributed by atoms with Crippen LogP contribution >= 0.6 is 24.0 Å². The first kappa shape index (κ1) is 15.5. The number of halogens is 1. The van der Waals surface area contributed by atoms with Crippen LogP contribution in [0, 0.1) is 0 Å². The van der Waals surface area contributed by atoms with Crippen LogP contribution in [0.1, 0.15) is 11.6 Å². The van der Waals surface area contributed by atoms with Crippen LogP contribution in [-0.2, 0) is 20.1 Å². The number of guanidine groups is 1. The molecule has 0 amide bonds. The minimum Gasteiger partial charge on any atom is -0.467 e. The molecule has 0 aliphatic rings. The topological polar surface area (TPSA) is 67.4 Å². The third kappa shape index (κ3) is 4.58. The zero-order valence-corrected chi connectivity index (χ0v) is 13.3. The van der Waals surface area contributed by atoms with Crippen LogP contribution < -0.4 is 10.6 Å². The van der Waals surface area contributed by atoms with Gasteiger partial charge in [-0.1, -0.05) is 0 Å². The Morgan fingerprint density at radius 2 is 2.21 bits per heavy atom. The van der Waals surface area contributed by atoms with Crippen molar-refractivity contribution in [2.45, 2.75) is 13.1 Å². The molecule has 7 heteroatoms. The molecular formula is C12H18IN5O. The number of imidazole rings is 1. The molecule has 0 radical (unpaired) electrons. The Hall–Kier alpha value is -1.51. The van der Waals surface area contributed by atoms with Crippen LogP contribution in [0.5, 0.6) is 0 Å². The molecule has 0 spiro atoms. The highest BCUT2D eigenvalue weighted by molar-refractivity contribution is 14.0. The molecule has 0 bridgehead atoms. The van der Waals surface area contributed by atoms with Crippen molar-refractivity contribution >= 4 is 29.9 Å². The number of rotatable bonds is 4. The Kier molecular flexibility index (Phi) is 6.40. The summed E-state index contributed by atoms with van der Waals surface area (Å²) < 4.78 is 7.20. The predicted molar refractivity (Wildman–Crippen MR) is 84.4 cm³/mol. The Labute approximate surface area is 129 Å². The summed E-state index contributed by atoms with van der Waals surface area (Å²) in [6.45, 7) is 1.23. The Bertz CT molecular complexity index is 506. The molecular weight excluding hydrogens is 357 g/mol. The highest BCUT2D eigenvalue weighted by atomic mass is 127. The monoisotopic (exact) mass is 375 g/mol. The number of aryl methyl sites for hydroxylation is 1. The molecule has 2 N–H and O–H groups in total. The van der Waals surface area contributed by atoms with Crippen LogP contribution in [-0.4, -0.2) is 22.6 Å². The highest BCUT2D eigenvalue weighted by Gasteiger charge is 2.02. The summed E-state index contributed by atoms with van der Waals surface area (Å²) in [5.41, 5.74) is 0. The van der Waals surface area contributed by atoms with Crippen LogP contribution in [0.4, 0.5) is 0 Å². The van der Waals surface area contributed by atoms with Crippen molar-refractivity contribution in [2.24, 2.45) is 12.0 Å². The van der Waals surface area contributed by atoms with E-state index in [1.165, 1.54) is 0 Å². The van der Waals surface area contributed by atoms with Crippen molar-refractivity contribution in [3.63, 3.8) is 0 Å². The van der Waals surface area contributed by atoms with Crippen LogP contribution in [0.15, 0.2) is 40.2 Å². The van der Waals surface area contributed by atoms with E-state index in [9.17, 15) is 0 Å². The van der Waals surface area contributed by atoms with E-state index < -0.39 is 0 Å². The van der Waals surface area contributed by atoms with Crippen molar-refractivity contribution in [3.8, 4) is 0 Å². The first-order valence-corrected chi connectivity index (χ1v) is 5.72. The molecule has 2 aromatic heterocycles. The van der Waals surface area contributed by atoms with Gasteiger partial charge >= 0.3 is 0 Å². The molecule has 0 aliphatic heterocycles. The van der Waals surface area contributed by atoms with E-state index in [4.69, 9.17) is 4.42 Å². The Balaban J connectivity index is 0.00000180. The van der Waals surface area contributed by atoms with Gasteiger partial charge in [-0.3, -0.25) is 4.99 Å². The van der Waals surface area contributed by atoms with Crippen molar-refractivity contribution < 1.29 is 4.42 Å². The molecule has 0 aliphatic carbocycles. The SMILES string of the molecule is CN=C(NCc1ccco1)NCc1nccn1C.I. The molecule has 19 heavy (non-hydrogen) atoms. The average Bonchev–Trinajstić information content (AvgIpc) is 3.01. The van der Waals surface area contributed by atoms with Crippen LogP contribution in [0.3, 0.4) is 0 Å². The maximum absolute atomic E-state index is 5.24. The molecule has 6 nitrogen and oxygen atoms in total.